The van der Waals surface area contributed by atoms with Crippen molar-refractivity contribution in [2.45, 2.75) is 78.9 Å². The second-order valence-electron chi connectivity index (χ2n) is 10.8. The molecule has 1 N–H and O–H groups in total. The minimum atomic E-state index is -0.245. The number of tetrazole rings is 1. The number of nitrogens with zero attached hydrogens (tertiary/aromatic N) is 5. The van der Waals surface area contributed by atoms with Gasteiger partial charge >= 0.3 is 0 Å². The van der Waals surface area contributed by atoms with E-state index in [0.29, 0.717) is 6.54 Å². The Hall–Kier alpha value is -3.32. The molecule has 2 heterocycles. The zero-order valence-electron chi connectivity index (χ0n) is 22.4. The number of H-pyrrole nitrogens is 1. The van der Waals surface area contributed by atoms with Crippen LogP contribution < -0.4 is 5.56 Å². The molecular weight excluding hydrogens is 448 g/mol. The fraction of sp³-hybridized carbons (Fsp3) is 0.448. The van der Waals surface area contributed by atoms with Gasteiger partial charge in [0.2, 0.25) is 0 Å². The van der Waals surface area contributed by atoms with E-state index >= 15 is 0 Å². The molecule has 0 unspecified atom stereocenters. The molecule has 0 bridgehead atoms. The summed E-state index contributed by atoms with van der Waals surface area (Å²) in [5.41, 5.74) is 4.93. The van der Waals surface area contributed by atoms with E-state index in [2.05, 4.69) is 102 Å². The predicted octanol–water partition coefficient (Wildman–Crippen LogP) is 5.47. The van der Waals surface area contributed by atoms with Crippen molar-refractivity contribution in [1.29, 1.82) is 0 Å². The molecule has 0 aliphatic carbocycles. The van der Waals surface area contributed by atoms with Crippen molar-refractivity contribution in [1.82, 2.24) is 30.1 Å². The van der Waals surface area contributed by atoms with E-state index in [1.54, 1.807) is 0 Å². The fourth-order valence-electron chi connectivity index (χ4n) is 4.96. The number of fused-ring (bicyclic) bond motifs is 1. The highest BCUT2D eigenvalue weighted by Gasteiger charge is 2.30. The number of hydrogen-bond acceptors (Lipinski definition) is 5. The summed E-state index contributed by atoms with van der Waals surface area (Å²) >= 11 is 0. The average molecular weight is 487 g/mol. The highest BCUT2D eigenvalue weighted by molar-refractivity contribution is 5.82. The van der Waals surface area contributed by atoms with Gasteiger partial charge in [-0.15, -0.1) is 5.10 Å². The smallest absolute Gasteiger partial charge is 0.252 e. The second-order valence-corrected chi connectivity index (χ2v) is 10.8. The number of aryl methyl sites for hydroxylation is 2. The summed E-state index contributed by atoms with van der Waals surface area (Å²) in [6.07, 6.45) is 2.76. The topological polar surface area (TPSA) is 79.7 Å². The van der Waals surface area contributed by atoms with Crippen LogP contribution in [0.5, 0.6) is 0 Å². The molecule has 7 nitrogen and oxygen atoms in total. The standard InChI is InChI=1S/C29H38N6O/c1-7-11-25(27-31-32-33-35(27)29(4,5)6)34(15-14-22-12-9-8-10-13-22)19-24-18-23-17-20(2)16-21(3)26(23)30-28(24)36/h8-10,12-13,16-18,25H,7,11,14-15,19H2,1-6H3,(H,30,36)/t25-/m0/s1. The Morgan fingerprint density at radius 3 is 2.53 bits per heavy atom. The van der Waals surface area contributed by atoms with Crippen molar-refractivity contribution in [3.05, 3.63) is 87.0 Å². The number of aromatic amines is 1. The molecule has 0 amide bonds. The molecule has 4 aromatic rings. The van der Waals surface area contributed by atoms with Gasteiger partial charge in [-0.3, -0.25) is 9.69 Å². The highest BCUT2D eigenvalue weighted by Crippen LogP contribution is 2.29. The Morgan fingerprint density at radius 1 is 1.08 bits per heavy atom. The third kappa shape index (κ3) is 5.73. The third-order valence-corrected chi connectivity index (χ3v) is 6.70. The summed E-state index contributed by atoms with van der Waals surface area (Å²) in [4.78, 5) is 18.8. The lowest BCUT2D eigenvalue weighted by atomic mass is 10.0. The SMILES string of the molecule is CCC[C@@H](c1nnnn1C(C)(C)C)N(CCc1ccccc1)Cc1cc2cc(C)cc(C)c2[nH]c1=O. The van der Waals surface area contributed by atoms with Crippen molar-refractivity contribution >= 4 is 10.9 Å². The molecule has 0 aliphatic heterocycles. The minimum absolute atomic E-state index is 0.0118. The van der Waals surface area contributed by atoms with Gasteiger partial charge in [-0.25, -0.2) is 4.68 Å². The number of pyridine rings is 1. The maximum atomic E-state index is 13.2. The van der Waals surface area contributed by atoms with Crippen LogP contribution in [0.3, 0.4) is 0 Å². The minimum Gasteiger partial charge on any atom is -0.321 e. The van der Waals surface area contributed by atoms with Crippen molar-refractivity contribution in [2.75, 3.05) is 6.54 Å². The molecular formula is C29H38N6O. The van der Waals surface area contributed by atoms with Crippen LogP contribution in [0, 0.1) is 13.8 Å². The van der Waals surface area contributed by atoms with E-state index in [9.17, 15) is 4.79 Å². The monoisotopic (exact) mass is 486 g/mol. The molecule has 36 heavy (non-hydrogen) atoms. The van der Waals surface area contributed by atoms with E-state index in [4.69, 9.17) is 0 Å². The Morgan fingerprint density at radius 2 is 1.83 bits per heavy atom. The Bertz CT molecular complexity index is 1370. The summed E-state index contributed by atoms with van der Waals surface area (Å²) in [6, 6.07) is 16.8. The molecule has 2 aromatic heterocycles. The van der Waals surface area contributed by atoms with Crippen LogP contribution in [0.25, 0.3) is 10.9 Å². The Labute approximate surface area is 213 Å². The maximum Gasteiger partial charge on any atom is 0.252 e. The predicted molar refractivity (Wildman–Crippen MR) is 145 cm³/mol. The second kappa shape index (κ2) is 10.7. The van der Waals surface area contributed by atoms with E-state index in [1.165, 1.54) is 11.1 Å². The summed E-state index contributed by atoms with van der Waals surface area (Å²) in [6.45, 7) is 14.0. The summed E-state index contributed by atoms with van der Waals surface area (Å²) in [5, 5.41) is 13.9. The first kappa shape index (κ1) is 25.8. The third-order valence-electron chi connectivity index (χ3n) is 6.70. The molecule has 0 spiro atoms. The Balaban J connectivity index is 1.76. The number of nitrogens with one attached hydrogen (secondary N) is 1. The number of hydrogen-bond donors (Lipinski definition) is 1. The van der Waals surface area contributed by atoms with Crippen LogP contribution in [0.4, 0.5) is 0 Å². The average Bonchev–Trinajstić information content (AvgIpc) is 3.32. The highest BCUT2D eigenvalue weighted by atomic mass is 16.1. The van der Waals surface area contributed by atoms with E-state index in [-0.39, 0.29) is 17.1 Å². The van der Waals surface area contributed by atoms with E-state index in [1.807, 2.05) is 17.7 Å². The lowest BCUT2D eigenvalue weighted by Gasteiger charge is -2.33. The van der Waals surface area contributed by atoms with Crippen molar-refractivity contribution in [3.8, 4) is 0 Å². The lowest BCUT2D eigenvalue weighted by Crippen LogP contribution is -2.36. The van der Waals surface area contributed by atoms with E-state index in [0.717, 1.165) is 53.7 Å². The summed E-state index contributed by atoms with van der Waals surface area (Å²) < 4.78 is 1.93. The van der Waals surface area contributed by atoms with Crippen molar-refractivity contribution in [2.24, 2.45) is 0 Å². The quantitative estimate of drug-likeness (QED) is 0.339. The normalized spacial score (nSPS) is 13.0. The van der Waals surface area contributed by atoms with Crippen LogP contribution in [-0.4, -0.2) is 36.6 Å². The van der Waals surface area contributed by atoms with Gasteiger partial charge in [0.1, 0.15) is 0 Å². The van der Waals surface area contributed by atoms with Gasteiger partial charge in [0.25, 0.3) is 5.56 Å². The molecule has 190 valence electrons. The Kier molecular flexibility index (Phi) is 7.69. The van der Waals surface area contributed by atoms with Crippen LogP contribution in [-0.2, 0) is 18.5 Å². The van der Waals surface area contributed by atoms with Gasteiger partial charge < -0.3 is 4.98 Å². The van der Waals surface area contributed by atoms with E-state index < -0.39 is 0 Å². The number of benzene rings is 2. The van der Waals surface area contributed by atoms with Gasteiger partial charge in [0, 0.05) is 18.7 Å². The van der Waals surface area contributed by atoms with Gasteiger partial charge in [-0.2, -0.15) is 0 Å². The molecule has 0 fully saturated rings. The first-order valence-corrected chi connectivity index (χ1v) is 12.9. The van der Waals surface area contributed by atoms with Crippen LogP contribution >= 0.6 is 0 Å². The molecule has 2 aromatic carbocycles. The molecule has 7 heteroatoms. The zero-order valence-corrected chi connectivity index (χ0v) is 22.4. The first-order valence-electron chi connectivity index (χ1n) is 12.9. The lowest BCUT2D eigenvalue weighted by molar-refractivity contribution is 0.158. The van der Waals surface area contributed by atoms with Crippen LogP contribution in [0.1, 0.15) is 74.7 Å². The zero-order chi connectivity index (χ0) is 25.9. The first-order chi connectivity index (χ1) is 17.2. The molecule has 0 saturated carbocycles. The summed E-state index contributed by atoms with van der Waals surface area (Å²) in [5.74, 6) is 0.848. The molecule has 0 saturated heterocycles. The largest absolute Gasteiger partial charge is 0.321 e. The molecule has 0 aliphatic rings. The van der Waals surface area contributed by atoms with Gasteiger partial charge in [-0.05, 0) is 86.5 Å². The van der Waals surface area contributed by atoms with Gasteiger partial charge in [-0.1, -0.05) is 55.3 Å². The molecule has 4 rings (SSSR count). The van der Waals surface area contributed by atoms with Gasteiger partial charge in [0.05, 0.1) is 17.1 Å². The molecule has 1 atom stereocenters. The van der Waals surface area contributed by atoms with Crippen LogP contribution in [0.2, 0.25) is 0 Å². The summed E-state index contributed by atoms with van der Waals surface area (Å²) in [7, 11) is 0. The fourth-order valence-corrected chi connectivity index (χ4v) is 4.96. The van der Waals surface area contributed by atoms with Crippen LogP contribution in [0.15, 0.2) is 53.3 Å². The van der Waals surface area contributed by atoms with Gasteiger partial charge in [0.15, 0.2) is 5.82 Å². The number of rotatable bonds is 9. The van der Waals surface area contributed by atoms with Crippen molar-refractivity contribution in [3.63, 3.8) is 0 Å². The number of aromatic nitrogens is 5. The maximum absolute atomic E-state index is 13.2. The molecule has 0 radical (unpaired) electrons. The van der Waals surface area contributed by atoms with Crippen molar-refractivity contribution < 1.29 is 0 Å².